The lowest BCUT2D eigenvalue weighted by Crippen LogP contribution is -2.12. The van der Waals surface area contributed by atoms with E-state index in [1.165, 1.54) is 12.1 Å². The van der Waals surface area contributed by atoms with Crippen LogP contribution in [0.2, 0.25) is 0 Å². The second kappa shape index (κ2) is 13.4. The van der Waals surface area contributed by atoms with Crippen LogP contribution in [-0.4, -0.2) is 51.1 Å². The summed E-state index contributed by atoms with van der Waals surface area (Å²) in [6, 6.07) is 15.5. The van der Waals surface area contributed by atoms with Gasteiger partial charge in [-0.15, -0.1) is 0 Å². The van der Waals surface area contributed by atoms with Crippen molar-refractivity contribution >= 4 is 43.1 Å². The molecule has 2 aromatic carbocycles. The highest BCUT2D eigenvalue weighted by Crippen LogP contribution is 2.27. The van der Waals surface area contributed by atoms with Crippen LogP contribution in [0.5, 0.6) is 0 Å². The highest BCUT2D eigenvalue weighted by molar-refractivity contribution is 9.09. The fourth-order valence-electron chi connectivity index (χ4n) is 3.13. The van der Waals surface area contributed by atoms with Crippen molar-refractivity contribution in [3.05, 3.63) is 65.7 Å². The Bertz CT molecular complexity index is 985. The number of unbranched alkanes of at least 4 members (excludes halogenated alkanes) is 3. The van der Waals surface area contributed by atoms with Crippen molar-refractivity contribution in [2.45, 2.75) is 30.6 Å². The molecule has 0 unspecified atom stereocenters. The Morgan fingerprint density at radius 2 is 1.50 bits per heavy atom. The Kier molecular flexibility index (Phi) is 10.9. The number of rotatable bonds is 12. The smallest absolute Gasteiger partial charge is 0.434 e. The number of ether oxygens (including phenoxy) is 2. The van der Waals surface area contributed by atoms with E-state index in [1.807, 2.05) is 30.3 Å². The lowest BCUT2D eigenvalue weighted by Gasteiger charge is -2.16. The number of hydrogen-bond acceptors (Lipinski definition) is 6. The fourth-order valence-corrected chi connectivity index (χ4v) is 4.15. The van der Waals surface area contributed by atoms with Crippen molar-refractivity contribution in [3.63, 3.8) is 0 Å². The number of aliphatic hydroxyl groups excluding tert-OH is 1. The van der Waals surface area contributed by atoms with Gasteiger partial charge in [0.1, 0.15) is 6.61 Å². The molecule has 0 spiro atoms. The zero-order chi connectivity index (χ0) is 23.4. The summed E-state index contributed by atoms with van der Waals surface area (Å²) in [5.74, 6) is 0. The number of sulfone groups is 1. The zero-order valence-electron chi connectivity index (χ0n) is 18.1. The Morgan fingerprint density at radius 1 is 0.875 bits per heavy atom. The Morgan fingerprint density at radius 3 is 2.09 bits per heavy atom. The van der Waals surface area contributed by atoms with Crippen LogP contribution in [0, 0.1) is 0 Å². The van der Waals surface area contributed by atoms with E-state index in [2.05, 4.69) is 15.9 Å². The van der Waals surface area contributed by atoms with E-state index in [4.69, 9.17) is 9.47 Å². The highest BCUT2D eigenvalue weighted by atomic mass is 79.9. The predicted octanol–water partition coefficient (Wildman–Crippen LogP) is 5.10. The molecule has 174 valence electrons. The standard InChI is InChI=1S/C24H29BrO6S/c1-32(28,29)21-13-11-20(12-14-21)23(22(17-26)19-9-5-4-6-10-19)18-31-24(27)30-16-8-3-2-7-15-25/h4-6,9-14,26H,2-3,7-8,15-18H2,1H3. The molecule has 32 heavy (non-hydrogen) atoms. The van der Waals surface area contributed by atoms with Gasteiger partial charge < -0.3 is 14.6 Å². The monoisotopic (exact) mass is 524 g/mol. The van der Waals surface area contributed by atoms with Gasteiger partial charge in [0, 0.05) is 17.2 Å². The highest BCUT2D eigenvalue weighted by Gasteiger charge is 2.16. The van der Waals surface area contributed by atoms with Gasteiger partial charge in [0.2, 0.25) is 0 Å². The number of hydrogen-bond donors (Lipinski definition) is 1. The Balaban J connectivity index is 2.18. The molecule has 0 amide bonds. The molecule has 2 aromatic rings. The Labute approximate surface area is 198 Å². The minimum Gasteiger partial charge on any atom is -0.434 e. The van der Waals surface area contributed by atoms with Crippen LogP contribution in [0.1, 0.15) is 36.8 Å². The number of alkyl halides is 1. The summed E-state index contributed by atoms with van der Waals surface area (Å²) in [5, 5.41) is 11.0. The first-order chi connectivity index (χ1) is 15.4. The number of benzene rings is 2. The van der Waals surface area contributed by atoms with Crippen LogP contribution in [0.4, 0.5) is 4.79 Å². The molecule has 2 rings (SSSR count). The topological polar surface area (TPSA) is 89.9 Å². The third kappa shape index (κ3) is 8.41. The maximum atomic E-state index is 12.1. The van der Waals surface area contributed by atoms with E-state index >= 15 is 0 Å². The van der Waals surface area contributed by atoms with Crippen LogP contribution in [0.15, 0.2) is 59.5 Å². The van der Waals surface area contributed by atoms with Gasteiger partial charge in [0.05, 0.1) is 18.1 Å². The van der Waals surface area contributed by atoms with Crippen LogP contribution >= 0.6 is 15.9 Å². The second-order valence-corrected chi connectivity index (χ2v) is 10.1. The molecule has 0 atom stereocenters. The fraction of sp³-hybridized carbons (Fsp3) is 0.375. The largest absolute Gasteiger partial charge is 0.508 e. The number of halogens is 1. The summed E-state index contributed by atoms with van der Waals surface area (Å²) in [6.45, 7) is -0.112. The van der Waals surface area contributed by atoms with E-state index in [0.29, 0.717) is 16.7 Å². The van der Waals surface area contributed by atoms with Gasteiger partial charge >= 0.3 is 6.16 Å². The summed E-state index contributed by atoms with van der Waals surface area (Å²) in [6.07, 6.45) is 4.25. The molecule has 0 radical (unpaired) electrons. The number of aliphatic hydroxyl groups is 1. The molecule has 0 aliphatic rings. The van der Waals surface area contributed by atoms with E-state index in [1.54, 1.807) is 12.1 Å². The molecular weight excluding hydrogens is 496 g/mol. The predicted molar refractivity (Wildman–Crippen MR) is 129 cm³/mol. The first kappa shape index (κ1) is 26.1. The van der Waals surface area contributed by atoms with Crippen LogP contribution in [-0.2, 0) is 19.3 Å². The van der Waals surface area contributed by atoms with Crippen molar-refractivity contribution in [1.82, 2.24) is 0 Å². The normalized spacial score (nSPS) is 12.2. The molecule has 0 bridgehead atoms. The van der Waals surface area contributed by atoms with Gasteiger partial charge in [-0.05, 0) is 41.7 Å². The van der Waals surface area contributed by atoms with Gasteiger partial charge in [-0.2, -0.15) is 0 Å². The molecule has 0 aliphatic heterocycles. The van der Waals surface area contributed by atoms with Crippen molar-refractivity contribution in [3.8, 4) is 0 Å². The van der Waals surface area contributed by atoms with Crippen LogP contribution < -0.4 is 0 Å². The van der Waals surface area contributed by atoms with Crippen molar-refractivity contribution < 1.29 is 27.8 Å². The molecule has 0 saturated heterocycles. The summed E-state index contributed by atoms with van der Waals surface area (Å²) >= 11 is 3.39. The molecule has 0 aliphatic carbocycles. The second-order valence-electron chi connectivity index (χ2n) is 7.27. The minimum absolute atomic E-state index is 0.120. The van der Waals surface area contributed by atoms with Crippen LogP contribution in [0.25, 0.3) is 11.1 Å². The van der Waals surface area contributed by atoms with Gasteiger partial charge in [-0.25, -0.2) is 13.2 Å². The molecule has 0 fully saturated rings. The molecular formula is C24H29BrO6S. The quantitative estimate of drug-likeness (QED) is 0.180. The average Bonchev–Trinajstić information content (AvgIpc) is 2.79. The maximum absolute atomic E-state index is 12.1. The SMILES string of the molecule is CS(=O)(=O)c1ccc(C(COC(=O)OCCCCCCBr)=C(CO)c2ccccc2)cc1. The molecule has 0 saturated carbocycles. The summed E-state index contributed by atoms with van der Waals surface area (Å²) in [5.41, 5.74) is 2.59. The first-order valence-corrected chi connectivity index (χ1v) is 13.4. The van der Waals surface area contributed by atoms with Crippen molar-refractivity contribution in [2.75, 3.05) is 31.4 Å². The lowest BCUT2D eigenvalue weighted by atomic mass is 9.95. The average molecular weight is 525 g/mol. The Hall–Kier alpha value is -2.16. The summed E-state index contributed by atoms with van der Waals surface area (Å²) in [4.78, 5) is 12.3. The zero-order valence-corrected chi connectivity index (χ0v) is 20.5. The molecule has 6 nitrogen and oxygen atoms in total. The number of carbonyl (C=O) groups is 1. The van der Waals surface area contributed by atoms with Gasteiger partial charge in [-0.3, -0.25) is 0 Å². The molecule has 8 heteroatoms. The van der Waals surface area contributed by atoms with Crippen molar-refractivity contribution in [1.29, 1.82) is 0 Å². The minimum atomic E-state index is -3.34. The van der Waals surface area contributed by atoms with Gasteiger partial charge in [-0.1, -0.05) is 71.2 Å². The summed E-state index contributed by atoms with van der Waals surface area (Å²) in [7, 11) is -3.34. The lowest BCUT2D eigenvalue weighted by molar-refractivity contribution is 0.0633. The van der Waals surface area contributed by atoms with Crippen molar-refractivity contribution in [2.24, 2.45) is 0 Å². The third-order valence-electron chi connectivity index (χ3n) is 4.86. The summed E-state index contributed by atoms with van der Waals surface area (Å²) < 4.78 is 34.1. The van der Waals surface area contributed by atoms with E-state index in [9.17, 15) is 18.3 Å². The van der Waals surface area contributed by atoms with E-state index < -0.39 is 16.0 Å². The molecule has 0 aromatic heterocycles. The van der Waals surface area contributed by atoms with Gasteiger partial charge in [0.25, 0.3) is 0 Å². The van der Waals surface area contributed by atoms with Crippen LogP contribution in [0.3, 0.4) is 0 Å². The maximum Gasteiger partial charge on any atom is 0.508 e. The van der Waals surface area contributed by atoms with E-state index in [0.717, 1.165) is 42.8 Å². The number of carbonyl (C=O) groups excluding carboxylic acids is 1. The first-order valence-electron chi connectivity index (χ1n) is 10.4. The van der Waals surface area contributed by atoms with Gasteiger partial charge in [0.15, 0.2) is 9.84 Å². The molecule has 0 heterocycles. The third-order valence-corrected chi connectivity index (χ3v) is 6.55. The van der Waals surface area contributed by atoms with E-state index in [-0.39, 0.29) is 24.7 Å². The molecule has 1 N–H and O–H groups in total.